The summed E-state index contributed by atoms with van der Waals surface area (Å²) in [5.74, 6) is 0. The molecule has 2 nitrogen and oxygen atoms in total. The van der Waals surface area contributed by atoms with Gasteiger partial charge in [-0.25, -0.2) is 13.8 Å². The molecule has 0 amide bonds. The van der Waals surface area contributed by atoms with Crippen LogP contribution in [-0.4, -0.2) is 10.1 Å². The van der Waals surface area contributed by atoms with E-state index in [2.05, 4.69) is 20.9 Å². The van der Waals surface area contributed by atoms with Crippen LogP contribution in [0.2, 0.25) is 0 Å². The molecular weight excluding hydrogens is 244 g/mol. The number of nitrogens with zero attached hydrogens (tertiary/aromatic N) is 1. The van der Waals surface area contributed by atoms with Crippen molar-refractivity contribution in [2.75, 3.05) is 0 Å². The molecule has 0 aliphatic rings. The van der Waals surface area contributed by atoms with Gasteiger partial charge in [-0.05, 0) is 34.5 Å². The van der Waals surface area contributed by atoms with Crippen LogP contribution in [0.3, 0.4) is 0 Å². The lowest BCUT2D eigenvalue weighted by molar-refractivity contribution is 0.145. The summed E-state index contributed by atoms with van der Waals surface area (Å²) < 4.78 is 25.3. The van der Waals surface area contributed by atoms with Crippen LogP contribution in [0.1, 0.15) is 23.2 Å². The molecule has 1 aromatic heterocycles. The maximum absolute atomic E-state index is 12.4. The molecule has 0 spiro atoms. The Morgan fingerprint density at radius 1 is 1.62 bits per heavy atom. The highest BCUT2D eigenvalue weighted by Gasteiger charge is 2.16. The van der Waals surface area contributed by atoms with E-state index in [4.69, 9.17) is 5.11 Å². The summed E-state index contributed by atoms with van der Waals surface area (Å²) in [7, 11) is 0. The SMILES string of the molecule is Cc1nc(Br)cc(CO)c1C(F)F. The highest BCUT2D eigenvalue weighted by molar-refractivity contribution is 9.10. The second-order valence-electron chi connectivity index (χ2n) is 2.56. The van der Waals surface area contributed by atoms with Gasteiger partial charge in [-0.15, -0.1) is 0 Å². The Hall–Kier alpha value is -0.550. The number of rotatable bonds is 2. The standard InChI is InChI=1S/C8H8BrF2NO/c1-4-7(8(10)11)5(3-13)2-6(9)12-4/h2,8,13H,3H2,1H3. The van der Waals surface area contributed by atoms with Crippen molar-refractivity contribution in [1.82, 2.24) is 4.98 Å². The van der Waals surface area contributed by atoms with Crippen molar-refractivity contribution in [3.05, 3.63) is 27.5 Å². The number of pyridine rings is 1. The maximum Gasteiger partial charge on any atom is 0.265 e. The molecule has 0 atom stereocenters. The Labute approximate surface area is 82.7 Å². The lowest BCUT2D eigenvalue weighted by Gasteiger charge is -2.09. The molecule has 0 saturated heterocycles. The highest BCUT2D eigenvalue weighted by atomic mass is 79.9. The van der Waals surface area contributed by atoms with Gasteiger partial charge in [0.15, 0.2) is 0 Å². The topological polar surface area (TPSA) is 33.1 Å². The van der Waals surface area contributed by atoms with Gasteiger partial charge in [0.25, 0.3) is 6.43 Å². The number of halogens is 3. The van der Waals surface area contributed by atoms with E-state index in [0.29, 0.717) is 4.60 Å². The first-order chi connectivity index (χ1) is 6.06. The minimum absolute atomic E-state index is 0.175. The summed E-state index contributed by atoms with van der Waals surface area (Å²) in [6, 6.07) is 1.40. The van der Waals surface area contributed by atoms with Crippen LogP contribution >= 0.6 is 15.9 Å². The van der Waals surface area contributed by atoms with Crippen molar-refractivity contribution in [3.8, 4) is 0 Å². The van der Waals surface area contributed by atoms with Crippen molar-refractivity contribution < 1.29 is 13.9 Å². The van der Waals surface area contributed by atoms with Crippen molar-refractivity contribution in [1.29, 1.82) is 0 Å². The Balaban J connectivity index is 3.30. The summed E-state index contributed by atoms with van der Waals surface area (Å²) >= 11 is 3.07. The minimum atomic E-state index is -2.59. The Kier molecular flexibility index (Phi) is 3.33. The van der Waals surface area contributed by atoms with Crippen LogP contribution < -0.4 is 0 Å². The molecule has 1 rings (SSSR count). The Bertz CT molecular complexity index is 317. The van der Waals surface area contributed by atoms with E-state index in [-0.39, 0.29) is 16.8 Å². The number of aliphatic hydroxyl groups excluding tert-OH is 1. The predicted octanol–water partition coefficient (Wildman–Crippen LogP) is 2.58. The van der Waals surface area contributed by atoms with E-state index >= 15 is 0 Å². The van der Waals surface area contributed by atoms with Crippen molar-refractivity contribution in [3.63, 3.8) is 0 Å². The monoisotopic (exact) mass is 251 g/mol. The average molecular weight is 252 g/mol. The summed E-state index contributed by atoms with van der Waals surface area (Å²) in [5, 5.41) is 8.83. The number of hydrogen-bond acceptors (Lipinski definition) is 2. The fraction of sp³-hybridized carbons (Fsp3) is 0.375. The largest absolute Gasteiger partial charge is 0.392 e. The van der Waals surface area contributed by atoms with Gasteiger partial charge >= 0.3 is 0 Å². The molecule has 0 saturated carbocycles. The lowest BCUT2D eigenvalue weighted by atomic mass is 10.1. The first kappa shape index (κ1) is 10.5. The van der Waals surface area contributed by atoms with E-state index in [1.54, 1.807) is 0 Å². The summed E-state index contributed by atoms with van der Waals surface area (Å²) in [6.07, 6.45) is -2.59. The third-order valence-electron chi connectivity index (χ3n) is 1.69. The van der Waals surface area contributed by atoms with Crippen molar-refractivity contribution >= 4 is 15.9 Å². The number of alkyl halides is 2. The average Bonchev–Trinajstić information content (AvgIpc) is 2.01. The van der Waals surface area contributed by atoms with Crippen LogP contribution in [-0.2, 0) is 6.61 Å². The zero-order chi connectivity index (χ0) is 10.0. The smallest absolute Gasteiger partial charge is 0.265 e. The second-order valence-corrected chi connectivity index (χ2v) is 3.37. The molecule has 0 aliphatic carbocycles. The summed E-state index contributed by atoms with van der Waals surface area (Å²) in [4.78, 5) is 3.83. The zero-order valence-electron chi connectivity index (χ0n) is 6.89. The second kappa shape index (κ2) is 4.11. The molecule has 1 N–H and O–H groups in total. The van der Waals surface area contributed by atoms with Gasteiger partial charge in [0.1, 0.15) is 4.60 Å². The third-order valence-corrected chi connectivity index (χ3v) is 2.10. The number of aryl methyl sites for hydroxylation is 1. The number of aliphatic hydroxyl groups is 1. The predicted molar refractivity (Wildman–Crippen MR) is 47.6 cm³/mol. The maximum atomic E-state index is 12.4. The van der Waals surface area contributed by atoms with E-state index in [9.17, 15) is 8.78 Å². The van der Waals surface area contributed by atoms with Gasteiger partial charge < -0.3 is 5.11 Å². The van der Waals surface area contributed by atoms with Crippen LogP contribution in [0, 0.1) is 6.92 Å². The van der Waals surface area contributed by atoms with Crippen LogP contribution in [0.5, 0.6) is 0 Å². The van der Waals surface area contributed by atoms with Gasteiger partial charge in [0, 0.05) is 11.3 Å². The first-order valence-electron chi connectivity index (χ1n) is 3.61. The van der Waals surface area contributed by atoms with Crippen molar-refractivity contribution in [2.24, 2.45) is 0 Å². The van der Waals surface area contributed by atoms with Crippen LogP contribution in [0.4, 0.5) is 8.78 Å². The van der Waals surface area contributed by atoms with Gasteiger partial charge in [-0.1, -0.05) is 0 Å². The molecule has 1 heterocycles. The van der Waals surface area contributed by atoms with Crippen LogP contribution in [0.15, 0.2) is 10.7 Å². The normalized spacial score (nSPS) is 10.9. The van der Waals surface area contributed by atoms with Gasteiger partial charge in [0.2, 0.25) is 0 Å². The fourth-order valence-electron chi connectivity index (χ4n) is 1.14. The molecule has 0 unspecified atom stereocenters. The molecule has 5 heteroatoms. The quantitative estimate of drug-likeness (QED) is 0.820. The molecule has 0 bridgehead atoms. The molecule has 1 aromatic rings. The van der Waals surface area contributed by atoms with E-state index in [1.807, 2.05) is 0 Å². The van der Waals surface area contributed by atoms with Gasteiger partial charge in [0.05, 0.1) is 6.61 Å². The molecule has 0 radical (unpaired) electrons. The van der Waals surface area contributed by atoms with Crippen LogP contribution in [0.25, 0.3) is 0 Å². The van der Waals surface area contributed by atoms with Crippen molar-refractivity contribution in [2.45, 2.75) is 20.0 Å². The highest BCUT2D eigenvalue weighted by Crippen LogP contribution is 2.27. The molecule has 0 fully saturated rings. The molecular formula is C8H8BrF2NO. The van der Waals surface area contributed by atoms with E-state index < -0.39 is 13.0 Å². The van der Waals surface area contributed by atoms with Gasteiger partial charge in [-0.2, -0.15) is 0 Å². The summed E-state index contributed by atoms with van der Waals surface area (Å²) in [6.45, 7) is 1.09. The lowest BCUT2D eigenvalue weighted by Crippen LogP contribution is -2.01. The third kappa shape index (κ3) is 2.22. The molecule has 13 heavy (non-hydrogen) atoms. The Morgan fingerprint density at radius 2 is 2.23 bits per heavy atom. The molecule has 0 aromatic carbocycles. The zero-order valence-corrected chi connectivity index (χ0v) is 8.48. The van der Waals surface area contributed by atoms with E-state index in [1.165, 1.54) is 13.0 Å². The van der Waals surface area contributed by atoms with E-state index in [0.717, 1.165) is 0 Å². The first-order valence-corrected chi connectivity index (χ1v) is 4.40. The Morgan fingerprint density at radius 3 is 2.69 bits per heavy atom. The number of hydrogen-bond donors (Lipinski definition) is 1. The number of aromatic nitrogens is 1. The molecule has 72 valence electrons. The molecule has 0 aliphatic heterocycles. The summed E-state index contributed by atoms with van der Waals surface area (Å²) in [5.41, 5.74) is 0.286. The minimum Gasteiger partial charge on any atom is -0.392 e. The fourth-order valence-corrected chi connectivity index (χ4v) is 1.68. The van der Waals surface area contributed by atoms with Gasteiger partial charge in [-0.3, -0.25) is 0 Å².